The Bertz CT molecular complexity index is 359. The summed E-state index contributed by atoms with van der Waals surface area (Å²) in [6.45, 7) is 0. The molecule has 5 fully saturated rings. The molecule has 5 saturated carbocycles. The van der Waals surface area contributed by atoms with E-state index in [1.807, 2.05) is 0 Å². The van der Waals surface area contributed by atoms with Gasteiger partial charge in [-0.05, 0) is 75.5 Å². The van der Waals surface area contributed by atoms with Crippen LogP contribution in [0.25, 0.3) is 0 Å². The molecule has 5 rings (SSSR count). The van der Waals surface area contributed by atoms with Crippen LogP contribution in [0, 0.1) is 23.2 Å². The van der Waals surface area contributed by atoms with Crippen molar-refractivity contribution in [3.8, 4) is 0 Å². The molecule has 1 N–H and O–H groups in total. The molecule has 2 nitrogen and oxygen atoms in total. The van der Waals surface area contributed by atoms with Gasteiger partial charge in [-0.15, -0.1) is 11.6 Å². The van der Waals surface area contributed by atoms with Gasteiger partial charge in [-0.3, -0.25) is 4.79 Å². The maximum Gasteiger partial charge on any atom is 0.226 e. The smallest absolute Gasteiger partial charge is 0.226 e. The second-order valence-corrected chi connectivity index (χ2v) is 8.29. The summed E-state index contributed by atoms with van der Waals surface area (Å²) in [7, 11) is 0. The Kier molecular flexibility index (Phi) is 2.88. The van der Waals surface area contributed by atoms with E-state index in [0.29, 0.717) is 5.91 Å². The fraction of sp³-hybridized carbons (Fsp3) is 0.938. The molecular weight excluding hydrogens is 258 g/mol. The van der Waals surface area contributed by atoms with Crippen molar-refractivity contribution in [2.75, 3.05) is 0 Å². The zero-order valence-corrected chi connectivity index (χ0v) is 12.3. The molecule has 0 aliphatic heterocycles. The highest BCUT2D eigenvalue weighted by Crippen LogP contribution is 2.60. The van der Waals surface area contributed by atoms with E-state index in [1.54, 1.807) is 0 Å². The topological polar surface area (TPSA) is 29.1 Å². The predicted molar refractivity (Wildman–Crippen MR) is 76.0 cm³/mol. The number of alkyl halides is 1. The lowest BCUT2D eigenvalue weighted by Gasteiger charge is -2.55. The maximum atomic E-state index is 12.8. The Morgan fingerprint density at radius 2 is 1.58 bits per heavy atom. The maximum absolute atomic E-state index is 12.8. The summed E-state index contributed by atoms with van der Waals surface area (Å²) in [6.07, 6.45) is 11.0. The van der Waals surface area contributed by atoms with Gasteiger partial charge in [0, 0.05) is 11.5 Å². The van der Waals surface area contributed by atoms with Crippen LogP contribution in [0.2, 0.25) is 0 Å². The molecule has 2 unspecified atom stereocenters. The summed E-state index contributed by atoms with van der Waals surface area (Å²) in [5.41, 5.74) is -0.00600. The van der Waals surface area contributed by atoms with Crippen molar-refractivity contribution < 1.29 is 4.79 Å². The highest BCUT2D eigenvalue weighted by molar-refractivity contribution is 6.21. The zero-order valence-electron chi connectivity index (χ0n) is 11.5. The fourth-order valence-corrected chi connectivity index (χ4v) is 6.13. The number of halogens is 1. The van der Waals surface area contributed by atoms with E-state index >= 15 is 0 Å². The number of hydrogen-bond donors (Lipinski definition) is 1. The Morgan fingerprint density at radius 1 is 1.00 bits per heavy atom. The van der Waals surface area contributed by atoms with Gasteiger partial charge in [0.05, 0.1) is 5.38 Å². The van der Waals surface area contributed by atoms with Gasteiger partial charge in [0.2, 0.25) is 5.91 Å². The number of carbonyl (C=O) groups excluding carboxylic acids is 1. The largest absolute Gasteiger partial charge is 0.351 e. The number of carbonyl (C=O) groups is 1. The normalized spacial score (nSPS) is 51.5. The lowest BCUT2D eigenvalue weighted by molar-refractivity contribution is -0.147. The molecule has 19 heavy (non-hydrogen) atoms. The van der Waals surface area contributed by atoms with E-state index in [4.69, 9.17) is 11.6 Å². The minimum absolute atomic E-state index is 0.00600. The van der Waals surface area contributed by atoms with E-state index in [-0.39, 0.29) is 16.8 Å². The second-order valence-electron chi connectivity index (χ2n) is 7.72. The molecule has 5 aliphatic carbocycles. The fourth-order valence-electron chi connectivity index (χ4n) is 5.79. The number of hydrogen-bond acceptors (Lipinski definition) is 1. The first-order chi connectivity index (χ1) is 9.14. The molecule has 0 aromatic carbocycles. The molecule has 0 aromatic heterocycles. The molecule has 0 radical (unpaired) electrons. The highest BCUT2D eigenvalue weighted by Gasteiger charge is 2.54. The number of nitrogens with one attached hydrogen (secondary N) is 1. The molecule has 2 atom stereocenters. The molecule has 4 bridgehead atoms. The number of rotatable bonds is 2. The molecule has 5 aliphatic rings. The summed E-state index contributed by atoms with van der Waals surface area (Å²) in [6, 6.07) is 0.238. The van der Waals surface area contributed by atoms with Crippen molar-refractivity contribution in [3.05, 3.63) is 0 Å². The van der Waals surface area contributed by atoms with Crippen LogP contribution < -0.4 is 5.32 Å². The van der Waals surface area contributed by atoms with Crippen molar-refractivity contribution in [2.45, 2.75) is 69.2 Å². The van der Waals surface area contributed by atoms with Gasteiger partial charge in [0.25, 0.3) is 0 Å². The van der Waals surface area contributed by atoms with Gasteiger partial charge in [-0.2, -0.15) is 0 Å². The van der Waals surface area contributed by atoms with Crippen LogP contribution in [0.5, 0.6) is 0 Å². The summed E-state index contributed by atoms with van der Waals surface area (Å²) < 4.78 is 0. The summed E-state index contributed by atoms with van der Waals surface area (Å²) in [5, 5.41) is 3.48. The van der Waals surface area contributed by atoms with E-state index < -0.39 is 0 Å². The van der Waals surface area contributed by atoms with Crippen molar-refractivity contribution in [3.63, 3.8) is 0 Å². The van der Waals surface area contributed by atoms with Gasteiger partial charge < -0.3 is 5.32 Å². The average Bonchev–Trinajstić information content (AvgIpc) is 2.73. The Morgan fingerprint density at radius 3 is 2.05 bits per heavy atom. The zero-order chi connectivity index (χ0) is 13.0. The van der Waals surface area contributed by atoms with Gasteiger partial charge in [-0.1, -0.05) is 0 Å². The van der Waals surface area contributed by atoms with Crippen molar-refractivity contribution >= 4 is 17.5 Å². The lowest BCUT2D eigenvalue weighted by atomic mass is 9.49. The van der Waals surface area contributed by atoms with Gasteiger partial charge in [-0.25, -0.2) is 0 Å². The number of amides is 1. The molecule has 0 heterocycles. The van der Waals surface area contributed by atoms with Crippen LogP contribution in [0.15, 0.2) is 0 Å². The minimum atomic E-state index is -0.00600. The monoisotopic (exact) mass is 281 g/mol. The first-order valence-electron chi connectivity index (χ1n) is 8.10. The van der Waals surface area contributed by atoms with E-state index in [1.165, 1.54) is 25.7 Å². The standard InChI is InChI=1S/C16H24ClNO/c17-13-2-1-3-14(13)18-15(19)16-7-10-4-11(8-16)6-12(5-10)9-16/h10-14H,1-9H2,(H,18,19). The van der Waals surface area contributed by atoms with Gasteiger partial charge in [0.1, 0.15) is 0 Å². The molecule has 3 heteroatoms. The van der Waals surface area contributed by atoms with Crippen molar-refractivity contribution in [2.24, 2.45) is 23.2 Å². The van der Waals surface area contributed by atoms with Gasteiger partial charge in [0.15, 0.2) is 0 Å². The molecule has 0 spiro atoms. The molecule has 0 aromatic rings. The predicted octanol–water partition coefficient (Wildman–Crippen LogP) is 3.48. The lowest BCUT2D eigenvalue weighted by Crippen LogP contribution is -2.55. The second kappa shape index (κ2) is 4.38. The minimum Gasteiger partial charge on any atom is -0.351 e. The molecule has 0 saturated heterocycles. The van der Waals surface area contributed by atoms with Crippen LogP contribution >= 0.6 is 11.6 Å². The first kappa shape index (κ1) is 12.5. The van der Waals surface area contributed by atoms with Crippen LogP contribution in [-0.2, 0) is 4.79 Å². The average molecular weight is 282 g/mol. The van der Waals surface area contributed by atoms with Gasteiger partial charge >= 0.3 is 0 Å². The summed E-state index contributed by atoms with van der Waals surface area (Å²) >= 11 is 6.32. The Hall–Kier alpha value is -0.240. The third-order valence-corrected chi connectivity index (χ3v) is 6.79. The SMILES string of the molecule is O=C(NC1CCCC1Cl)C12CC3CC(CC(C3)C1)C2. The van der Waals surface area contributed by atoms with E-state index in [9.17, 15) is 4.79 Å². The quantitative estimate of drug-likeness (QED) is 0.772. The molecule has 1 amide bonds. The van der Waals surface area contributed by atoms with Crippen molar-refractivity contribution in [1.29, 1.82) is 0 Å². The third-order valence-electron chi connectivity index (χ3n) is 6.27. The molecular formula is C16H24ClNO. The van der Waals surface area contributed by atoms with E-state index in [2.05, 4.69) is 5.32 Å². The van der Waals surface area contributed by atoms with Crippen LogP contribution in [-0.4, -0.2) is 17.3 Å². The summed E-state index contributed by atoms with van der Waals surface area (Å²) in [4.78, 5) is 12.8. The highest BCUT2D eigenvalue weighted by atomic mass is 35.5. The van der Waals surface area contributed by atoms with Crippen LogP contribution in [0.1, 0.15) is 57.8 Å². The Labute approximate surface area is 120 Å². The Balaban J connectivity index is 1.50. The summed E-state index contributed by atoms with van der Waals surface area (Å²) in [5.74, 6) is 2.87. The van der Waals surface area contributed by atoms with Crippen LogP contribution in [0.4, 0.5) is 0 Å². The van der Waals surface area contributed by atoms with E-state index in [0.717, 1.165) is 49.9 Å². The van der Waals surface area contributed by atoms with Crippen molar-refractivity contribution in [1.82, 2.24) is 5.32 Å². The third kappa shape index (κ3) is 2.02. The molecule has 106 valence electrons. The van der Waals surface area contributed by atoms with Crippen LogP contribution in [0.3, 0.4) is 0 Å². The first-order valence-corrected chi connectivity index (χ1v) is 8.53.